The highest BCUT2D eigenvalue weighted by molar-refractivity contribution is 5.94. The lowest BCUT2D eigenvalue weighted by Gasteiger charge is -2.13. The van der Waals surface area contributed by atoms with Gasteiger partial charge in [-0.25, -0.2) is 0 Å². The van der Waals surface area contributed by atoms with Gasteiger partial charge in [0, 0.05) is 12.3 Å². The molecule has 0 radical (unpaired) electrons. The lowest BCUT2D eigenvalue weighted by Crippen LogP contribution is -2.22. The highest BCUT2D eigenvalue weighted by Gasteiger charge is 2.06. The van der Waals surface area contributed by atoms with Crippen LogP contribution in [0.3, 0.4) is 0 Å². The molecular formula is C21H28N2O4. The van der Waals surface area contributed by atoms with Crippen LogP contribution in [-0.2, 0) is 9.53 Å². The van der Waals surface area contributed by atoms with Crippen molar-refractivity contribution < 1.29 is 19.0 Å². The molecular weight excluding hydrogens is 344 g/mol. The number of hydrogen-bond acceptors (Lipinski definition) is 5. The van der Waals surface area contributed by atoms with Crippen molar-refractivity contribution in [3.8, 4) is 11.5 Å². The quantitative estimate of drug-likeness (QED) is 0.552. The summed E-state index contributed by atoms with van der Waals surface area (Å²) in [4.78, 5) is 12.2. The van der Waals surface area contributed by atoms with Crippen molar-refractivity contribution >= 4 is 17.3 Å². The van der Waals surface area contributed by atoms with Gasteiger partial charge in [0.2, 0.25) is 5.91 Å². The van der Waals surface area contributed by atoms with E-state index >= 15 is 0 Å². The summed E-state index contributed by atoms with van der Waals surface area (Å²) in [5.41, 5.74) is 1.50. The van der Waals surface area contributed by atoms with Gasteiger partial charge in [-0.05, 0) is 49.7 Å². The van der Waals surface area contributed by atoms with Gasteiger partial charge in [-0.1, -0.05) is 19.1 Å². The van der Waals surface area contributed by atoms with Crippen LogP contribution in [0.1, 0.15) is 20.3 Å². The fourth-order valence-electron chi connectivity index (χ4n) is 2.33. The van der Waals surface area contributed by atoms with Crippen molar-refractivity contribution in [2.75, 3.05) is 43.6 Å². The summed E-state index contributed by atoms with van der Waals surface area (Å²) < 4.78 is 16.5. The third-order valence-electron chi connectivity index (χ3n) is 3.63. The monoisotopic (exact) mass is 372 g/mol. The van der Waals surface area contributed by atoms with E-state index in [0.717, 1.165) is 23.5 Å². The largest absolute Gasteiger partial charge is 0.494 e. The van der Waals surface area contributed by atoms with Crippen molar-refractivity contribution in [2.24, 2.45) is 0 Å². The van der Waals surface area contributed by atoms with Gasteiger partial charge < -0.3 is 24.8 Å². The van der Waals surface area contributed by atoms with Crippen LogP contribution >= 0.6 is 0 Å². The SMILES string of the molecule is CCCOc1ccc(NC(=O)CNc2ccccc2OCCOCC)cc1. The molecule has 6 nitrogen and oxygen atoms in total. The Morgan fingerprint density at radius 1 is 0.926 bits per heavy atom. The van der Waals surface area contributed by atoms with E-state index in [0.29, 0.717) is 32.2 Å². The maximum atomic E-state index is 12.2. The first-order valence-corrected chi connectivity index (χ1v) is 9.29. The van der Waals surface area contributed by atoms with Crippen molar-refractivity contribution in [1.82, 2.24) is 0 Å². The van der Waals surface area contributed by atoms with E-state index in [1.165, 1.54) is 0 Å². The standard InChI is InChI=1S/C21H28N2O4/c1-3-13-26-18-11-9-17(10-12-18)23-21(24)16-22-19-7-5-6-8-20(19)27-15-14-25-4-2/h5-12,22H,3-4,13-16H2,1-2H3,(H,23,24). The van der Waals surface area contributed by atoms with Crippen LogP contribution in [0, 0.1) is 0 Å². The van der Waals surface area contributed by atoms with Gasteiger partial charge in [0.25, 0.3) is 0 Å². The molecule has 6 heteroatoms. The fraction of sp³-hybridized carbons (Fsp3) is 0.381. The molecule has 0 unspecified atom stereocenters. The third-order valence-corrected chi connectivity index (χ3v) is 3.63. The van der Waals surface area contributed by atoms with Crippen molar-refractivity contribution in [3.63, 3.8) is 0 Å². The van der Waals surface area contributed by atoms with Gasteiger partial charge in [0.05, 0.1) is 25.4 Å². The molecule has 27 heavy (non-hydrogen) atoms. The molecule has 0 aliphatic heterocycles. The highest BCUT2D eigenvalue weighted by Crippen LogP contribution is 2.23. The summed E-state index contributed by atoms with van der Waals surface area (Å²) in [6.07, 6.45) is 0.959. The van der Waals surface area contributed by atoms with Crippen molar-refractivity contribution in [3.05, 3.63) is 48.5 Å². The van der Waals surface area contributed by atoms with Gasteiger partial charge in [-0.2, -0.15) is 0 Å². The molecule has 0 saturated carbocycles. The number of anilines is 2. The first-order chi connectivity index (χ1) is 13.2. The minimum absolute atomic E-state index is 0.138. The first kappa shape index (κ1) is 20.6. The van der Waals surface area contributed by atoms with E-state index < -0.39 is 0 Å². The van der Waals surface area contributed by atoms with Crippen LogP contribution < -0.4 is 20.1 Å². The van der Waals surface area contributed by atoms with E-state index in [4.69, 9.17) is 14.2 Å². The van der Waals surface area contributed by atoms with Gasteiger partial charge in [0.15, 0.2) is 0 Å². The molecule has 0 aliphatic rings. The third kappa shape index (κ3) is 7.58. The molecule has 2 N–H and O–H groups in total. The summed E-state index contributed by atoms with van der Waals surface area (Å²) in [7, 11) is 0. The molecule has 2 rings (SSSR count). The minimum Gasteiger partial charge on any atom is -0.494 e. The minimum atomic E-state index is -0.138. The molecule has 0 saturated heterocycles. The van der Waals surface area contributed by atoms with E-state index in [-0.39, 0.29) is 12.5 Å². The van der Waals surface area contributed by atoms with E-state index in [2.05, 4.69) is 17.6 Å². The number of ether oxygens (including phenoxy) is 3. The summed E-state index contributed by atoms with van der Waals surface area (Å²) in [5, 5.41) is 5.97. The predicted molar refractivity (Wildman–Crippen MR) is 108 cm³/mol. The fourth-order valence-corrected chi connectivity index (χ4v) is 2.33. The normalized spacial score (nSPS) is 10.3. The van der Waals surface area contributed by atoms with Crippen LogP contribution in [0.5, 0.6) is 11.5 Å². The average molecular weight is 372 g/mol. The molecule has 0 fully saturated rings. The Balaban J connectivity index is 1.81. The number of para-hydroxylation sites is 2. The number of nitrogens with one attached hydrogen (secondary N) is 2. The van der Waals surface area contributed by atoms with Gasteiger partial charge in [0.1, 0.15) is 18.1 Å². The van der Waals surface area contributed by atoms with E-state index in [1.54, 1.807) is 0 Å². The summed E-state index contributed by atoms with van der Waals surface area (Å²) >= 11 is 0. The molecule has 0 aromatic heterocycles. The van der Waals surface area contributed by atoms with Crippen molar-refractivity contribution in [1.29, 1.82) is 0 Å². The van der Waals surface area contributed by atoms with Gasteiger partial charge >= 0.3 is 0 Å². The first-order valence-electron chi connectivity index (χ1n) is 9.29. The summed E-state index contributed by atoms with van der Waals surface area (Å²) in [5.74, 6) is 1.36. The topological polar surface area (TPSA) is 68.8 Å². The van der Waals surface area contributed by atoms with Crippen LogP contribution in [-0.4, -0.2) is 38.9 Å². The second-order valence-electron chi connectivity index (χ2n) is 5.82. The number of carbonyl (C=O) groups excluding carboxylic acids is 1. The zero-order chi connectivity index (χ0) is 19.3. The highest BCUT2D eigenvalue weighted by atomic mass is 16.5. The smallest absolute Gasteiger partial charge is 0.243 e. The lowest BCUT2D eigenvalue weighted by molar-refractivity contribution is -0.114. The van der Waals surface area contributed by atoms with Crippen LogP contribution in [0.15, 0.2) is 48.5 Å². The van der Waals surface area contributed by atoms with Crippen LogP contribution in [0.4, 0.5) is 11.4 Å². The number of carbonyl (C=O) groups is 1. The Hall–Kier alpha value is -2.73. The Kier molecular flexibility index (Phi) is 9.00. The number of benzene rings is 2. The van der Waals surface area contributed by atoms with Crippen molar-refractivity contribution in [2.45, 2.75) is 20.3 Å². The van der Waals surface area contributed by atoms with Gasteiger partial charge in [-0.3, -0.25) is 4.79 Å². The molecule has 2 aromatic rings. The number of rotatable bonds is 12. The van der Waals surface area contributed by atoms with Gasteiger partial charge in [-0.15, -0.1) is 0 Å². The Bertz CT molecular complexity index is 689. The molecule has 146 valence electrons. The average Bonchev–Trinajstić information content (AvgIpc) is 2.70. The second-order valence-corrected chi connectivity index (χ2v) is 5.82. The maximum Gasteiger partial charge on any atom is 0.243 e. The maximum absolute atomic E-state index is 12.2. The predicted octanol–water partition coefficient (Wildman–Crippen LogP) is 3.94. The lowest BCUT2D eigenvalue weighted by atomic mass is 10.3. The second kappa shape index (κ2) is 11.8. The van der Waals surface area contributed by atoms with E-state index in [9.17, 15) is 4.79 Å². The molecule has 0 bridgehead atoms. The summed E-state index contributed by atoms with van der Waals surface area (Å²) in [6.45, 7) is 6.48. The Morgan fingerprint density at radius 2 is 1.70 bits per heavy atom. The van der Waals surface area contributed by atoms with Crippen LogP contribution in [0.2, 0.25) is 0 Å². The zero-order valence-electron chi connectivity index (χ0n) is 16.0. The number of hydrogen-bond donors (Lipinski definition) is 2. The van der Waals surface area contributed by atoms with Crippen LogP contribution in [0.25, 0.3) is 0 Å². The zero-order valence-corrected chi connectivity index (χ0v) is 16.0. The molecule has 0 spiro atoms. The molecule has 2 aromatic carbocycles. The molecule has 0 aliphatic carbocycles. The molecule has 0 atom stereocenters. The molecule has 0 heterocycles. The Morgan fingerprint density at radius 3 is 2.44 bits per heavy atom. The summed E-state index contributed by atoms with van der Waals surface area (Å²) in [6, 6.07) is 14.9. The Labute approximate surface area is 160 Å². The number of amides is 1. The molecule has 1 amide bonds. The van der Waals surface area contributed by atoms with E-state index in [1.807, 2.05) is 55.5 Å².